The third kappa shape index (κ3) is 5.08. The van der Waals surface area contributed by atoms with Crippen LogP contribution in [0.2, 0.25) is 0 Å². The van der Waals surface area contributed by atoms with Crippen LogP contribution in [0.25, 0.3) is 10.9 Å². The molecule has 2 aromatic carbocycles. The number of pyridine rings is 1. The summed E-state index contributed by atoms with van der Waals surface area (Å²) in [6.07, 6.45) is 0. The first-order chi connectivity index (χ1) is 20.3. The number of benzene rings is 2. The standard InChI is InChI=1S/C30H30N4O8/c1-6-41-29(36)25-24(18-14-23(35)33-20-11-9-8-10-17(18)20)19(15-31)28(32)34(26(25)30(37)42-7-2)16-12-21(38-3)27(40-5)22(13-16)39-4/h8-14,24H,6-7,32H2,1-5H3,(H,33,35). The number of esters is 2. The first-order valence-electron chi connectivity index (χ1n) is 13.0. The molecule has 1 aromatic heterocycles. The number of allylic oxidation sites excluding steroid dienone is 1. The lowest BCUT2D eigenvalue weighted by molar-refractivity contribution is -0.142. The molecule has 2 heterocycles. The molecule has 1 aliphatic rings. The Morgan fingerprint density at radius 3 is 2.17 bits per heavy atom. The molecular formula is C30H30N4O8. The Morgan fingerprint density at radius 2 is 1.60 bits per heavy atom. The number of carbonyl (C=O) groups excluding carboxylic acids is 2. The quantitative estimate of drug-likeness (QED) is 0.360. The van der Waals surface area contributed by atoms with Crippen LogP contribution in [-0.2, 0) is 19.1 Å². The minimum absolute atomic E-state index is 0.0329. The number of para-hydroxylation sites is 1. The molecule has 3 N–H and O–H groups in total. The number of fused-ring (bicyclic) bond motifs is 1. The average molecular weight is 575 g/mol. The zero-order valence-corrected chi connectivity index (χ0v) is 23.8. The Labute approximate surface area is 241 Å². The van der Waals surface area contributed by atoms with Crippen molar-refractivity contribution in [3.05, 3.63) is 81.0 Å². The summed E-state index contributed by atoms with van der Waals surface area (Å²) in [6, 6.07) is 13.3. The summed E-state index contributed by atoms with van der Waals surface area (Å²) in [5.74, 6) is -2.52. The van der Waals surface area contributed by atoms with Crippen molar-refractivity contribution in [2.45, 2.75) is 19.8 Å². The normalized spacial score (nSPS) is 14.9. The van der Waals surface area contributed by atoms with E-state index in [4.69, 9.17) is 29.4 Å². The molecular weight excluding hydrogens is 544 g/mol. The molecule has 12 heteroatoms. The van der Waals surface area contributed by atoms with E-state index in [0.717, 1.165) is 0 Å². The fourth-order valence-corrected chi connectivity index (χ4v) is 4.98. The summed E-state index contributed by atoms with van der Waals surface area (Å²) < 4.78 is 27.2. The van der Waals surface area contributed by atoms with E-state index in [9.17, 15) is 19.6 Å². The number of hydrogen-bond acceptors (Lipinski definition) is 11. The van der Waals surface area contributed by atoms with Gasteiger partial charge in [-0.05, 0) is 25.5 Å². The highest BCUT2D eigenvalue weighted by Crippen LogP contribution is 2.47. The van der Waals surface area contributed by atoms with Crippen LogP contribution in [0.5, 0.6) is 17.2 Å². The molecule has 1 unspecified atom stereocenters. The molecule has 12 nitrogen and oxygen atoms in total. The third-order valence-electron chi connectivity index (χ3n) is 6.66. The molecule has 0 radical (unpaired) electrons. The molecule has 0 aliphatic carbocycles. The maximum atomic E-state index is 13.8. The van der Waals surface area contributed by atoms with E-state index in [0.29, 0.717) is 10.9 Å². The van der Waals surface area contributed by atoms with Crippen molar-refractivity contribution < 1.29 is 33.3 Å². The van der Waals surface area contributed by atoms with E-state index in [1.165, 1.54) is 44.4 Å². The van der Waals surface area contributed by atoms with Crippen LogP contribution < -0.4 is 30.4 Å². The number of nitrogens with zero attached hydrogens (tertiary/aromatic N) is 2. The molecule has 1 atom stereocenters. The molecule has 0 fully saturated rings. The molecule has 0 saturated carbocycles. The fraction of sp³-hybridized carbons (Fsp3) is 0.267. The van der Waals surface area contributed by atoms with E-state index in [1.807, 2.05) is 0 Å². The fourth-order valence-electron chi connectivity index (χ4n) is 4.98. The largest absolute Gasteiger partial charge is 0.493 e. The summed E-state index contributed by atoms with van der Waals surface area (Å²) in [5.41, 5.74) is 6.52. The number of aromatic nitrogens is 1. The Hall–Kier alpha value is -5.44. The van der Waals surface area contributed by atoms with E-state index in [1.54, 1.807) is 38.1 Å². The van der Waals surface area contributed by atoms with Gasteiger partial charge >= 0.3 is 11.9 Å². The van der Waals surface area contributed by atoms with Gasteiger partial charge in [-0.1, -0.05) is 18.2 Å². The number of nitrogens with two attached hydrogens (primary N) is 1. The van der Waals surface area contributed by atoms with Gasteiger partial charge in [0.2, 0.25) is 11.3 Å². The van der Waals surface area contributed by atoms with Crippen molar-refractivity contribution in [2.24, 2.45) is 5.73 Å². The van der Waals surface area contributed by atoms with Gasteiger partial charge in [-0.15, -0.1) is 0 Å². The SMILES string of the molecule is CCOC(=O)C1=C(C(=O)OCC)N(c2cc(OC)c(OC)c(OC)c2)C(N)=C(C#N)C1c1cc(=O)[nH]c2ccccc12. The highest BCUT2D eigenvalue weighted by Gasteiger charge is 2.44. The number of aromatic amines is 1. The topological polar surface area (TPSA) is 166 Å². The Bertz CT molecular complexity index is 1690. The predicted molar refractivity (Wildman–Crippen MR) is 153 cm³/mol. The monoisotopic (exact) mass is 574 g/mol. The maximum Gasteiger partial charge on any atom is 0.355 e. The molecule has 3 aromatic rings. The van der Waals surface area contributed by atoms with Crippen LogP contribution >= 0.6 is 0 Å². The first kappa shape index (κ1) is 29.5. The van der Waals surface area contributed by atoms with E-state index >= 15 is 0 Å². The summed E-state index contributed by atoms with van der Waals surface area (Å²) in [5, 5.41) is 11.0. The average Bonchev–Trinajstić information content (AvgIpc) is 2.99. The van der Waals surface area contributed by atoms with Gasteiger partial charge in [-0.25, -0.2) is 9.59 Å². The Morgan fingerprint density at radius 1 is 0.976 bits per heavy atom. The lowest BCUT2D eigenvalue weighted by Crippen LogP contribution is -2.41. The van der Waals surface area contributed by atoms with E-state index < -0.39 is 23.4 Å². The van der Waals surface area contributed by atoms with Crippen molar-refractivity contribution in [1.29, 1.82) is 5.26 Å². The second-order valence-electron chi connectivity index (χ2n) is 8.90. The lowest BCUT2D eigenvalue weighted by atomic mass is 9.79. The molecule has 0 saturated heterocycles. The predicted octanol–water partition coefficient (Wildman–Crippen LogP) is 3.23. The van der Waals surface area contributed by atoms with E-state index in [2.05, 4.69) is 11.1 Å². The summed E-state index contributed by atoms with van der Waals surface area (Å²) >= 11 is 0. The molecule has 0 spiro atoms. The second-order valence-corrected chi connectivity index (χ2v) is 8.90. The van der Waals surface area contributed by atoms with Crippen LogP contribution in [-0.4, -0.2) is 51.5 Å². The van der Waals surface area contributed by atoms with Crippen LogP contribution in [0.4, 0.5) is 5.69 Å². The van der Waals surface area contributed by atoms with Crippen LogP contribution in [0.15, 0.2) is 69.9 Å². The molecule has 1 aliphatic heterocycles. The summed E-state index contributed by atoms with van der Waals surface area (Å²) in [4.78, 5) is 44.2. The number of hydrogen-bond donors (Lipinski definition) is 2. The molecule has 0 bridgehead atoms. The van der Waals surface area contributed by atoms with Crippen LogP contribution in [0.3, 0.4) is 0 Å². The third-order valence-corrected chi connectivity index (χ3v) is 6.66. The number of carbonyl (C=O) groups is 2. The van der Waals surface area contributed by atoms with Gasteiger partial charge in [-0.2, -0.15) is 5.26 Å². The van der Waals surface area contributed by atoms with Gasteiger partial charge in [0.1, 0.15) is 11.5 Å². The highest BCUT2D eigenvalue weighted by molar-refractivity contribution is 6.07. The minimum atomic E-state index is -1.25. The Kier molecular flexibility index (Phi) is 8.71. The number of nitrogens with one attached hydrogen (secondary N) is 1. The zero-order valence-electron chi connectivity index (χ0n) is 23.8. The number of ether oxygens (including phenoxy) is 5. The number of rotatable bonds is 9. The summed E-state index contributed by atoms with van der Waals surface area (Å²) in [7, 11) is 4.26. The second kappa shape index (κ2) is 12.4. The van der Waals surface area contributed by atoms with Crippen molar-refractivity contribution in [3.8, 4) is 23.3 Å². The number of nitriles is 1. The van der Waals surface area contributed by atoms with Gasteiger partial charge in [0, 0.05) is 29.1 Å². The van der Waals surface area contributed by atoms with Crippen molar-refractivity contribution in [1.82, 2.24) is 4.98 Å². The maximum absolute atomic E-state index is 13.8. The van der Waals surface area contributed by atoms with Gasteiger partial charge in [0.15, 0.2) is 11.5 Å². The Balaban J connectivity index is 2.17. The molecule has 4 rings (SSSR count). The first-order valence-corrected chi connectivity index (χ1v) is 13.0. The van der Waals surface area contributed by atoms with Crippen molar-refractivity contribution in [3.63, 3.8) is 0 Å². The molecule has 42 heavy (non-hydrogen) atoms. The van der Waals surface area contributed by atoms with Crippen molar-refractivity contribution in [2.75, 3.05) is 39.4 Å². The summed E-state index contributed by atoms with van der Waals surface area (Å²) in [6.45, 7) is 3.15. The lowest BCUT2D eigenvalue weighted by Gasteiger charge is -2.36. The number of methoxy groups -OCH3 is 3. The van der Waals surface area contributed by atoms with Crippen molar-refractivity contribution >= 4 is 28.5 Å². The van der Waals surface area contributed by atoms with Gasteiger partial charge in [-0.3, -0.25) is 9.69 Å². The smallest absolute Gasteiger partial charge is 0.355 e. The molecule has 0 amide bonds. The van der Waals surface area contributed by atoms with Crippen LogP contribution in [0, 0.1) is 11.3 Å². The van der Waals surface area contributed by atoms with Gasteiger partial charge in [0.05, 0.1) is 63.4 Å². The zero-order chi connectivity index (χ0) is 30.6. The van der Waals surface area contributed by atoms with E-state index in [-0.39, 0.29) is 64.4 Å². The number of anilines is 1. The van der Waals surface area contributed by atoms with Crippen LogP contribution in [0.1, 0.15) is 25.3 Å². The number of H-pyrrole nitrogens is 1. The van der Waals surface area contributed by atoms with Gasteiger partial charge in [0.25, 0.3) is 0 Å². The minimum Gasteiger partial charge on any atom is -0.493 e. The molecule has 218 valence electrons. The van der Waals surface area contributed by atoms with Gasteiger partial charge < -0.3 is 34.4 Å². The highest BCUT2D eigenvalue weighted by atomic mass is 16.5.